The summed E-state index contributed by atoms with van der Waals surface area (Å²) in [5, 5.41) is 13.6. The zero-order chi connectivity index (χ0) is 52.0. The van der Waals surface area contributed by atoms with E-state index in [1.54, 1.807) is 6.07 Å². The second-order valence-corrected chi connectivity index (χ2v) is 22.3. The van der Waals surface area contributed by atoms with Gasteiger partial charge in [0.05, 0.1) is 22.4 Å². The van der Waals surface area contributed by atoms with E-state index in [-0.39, 0.29) is 5.75 Å². The number of para-hydroxylation sites is 2. The first-order chi connectivity index (χ1) is 36.2. The van der Waals surface area contributed by atoms with Crippen LogP contribution >= 0.6 is 0 Å². The third-order valence-corrected chi connectivity index (χ3v) is 16.0. The summed E-state index contributed by atoms with van der Waals surface area (Å²) >= 11 is 0. The summed E-state index contributed by atoms with van der Waals surface area (Å²) in [4.78, 5) is 11.4. The molecule has 75 heavy (non-hydrogen) atoms. The van der Waals surface area contributed by atoms with Crippen LogP contribution in [0.2, 0.25) is 0 Å². The number of hydrogen-bond acceptors (Lipinski definition) is 4. The highest BCUT2D eigenvalue weighted by atomic mass is 16.3. The number of imidazole rings is 1. The molecule has 1 aliphatic carbocycles. The molecule has 12 rings (SSSR count). The molecule has 0 fully saturated rings. The van der Waals surface area contributed by atoms with E-state index in [1.807, 2.05) is 12.1 Å². The number of furan rings is 1. The molecule has 0 bridgehead atoms. The first-order valence-electron chi connectivity index (χ1n) is 27.0. The second kappa shape index (κ2) is 18.7. The molecular formula is C70H65N3O2. The fourth-order valence-corrected chi connectivity index (χ4v) is 11.8. The van der Waals surface area contributed by atoms with E-state index in [0.717, 1.165) is 113 Å². The number of rotatable bonds is 10. The van der Waals surface area contributed by atoms with Gasteiger partial charge in [0.1, 0.15) is 22.6 Å². The number of hydrogen-bond donors (Lipinski definition) is 1. The Morgan fingerprint density at radius 2 is 1.05 bits per heavy atom. The number of aryl methyl sites for hydroxylation is 4. The molecule has 1 aliphatic rings. The average Bonchev–Trinajstić information content (AvgIpc) is 3.99. The molecule has 5 heteroatoms. The van der Waals surface area contributed by atoms with Crippen molar-refractivity contribution in [2.24, 2.45) is 0 Å². The molecule has 11 aromatic rings. The molecule has 0 aliphatic heterocycles. The van der Waals surface area contributed by atoms with Crippen LogP contribution in [-0.4, -0.2) is 19.6 Å². The van der Waals surface area contributed by atoms with Gasteiger partial charge in [-0.15, -0.1) is 0 Å². The second-order valence-electron chi connectivity index (χ2n) is 22.3. The van der Waals surface area contributed by atoms with Crippen molar-refractivity contribution in [3.8, 4) is 78.7 Å². The van der Waals surface area contributed by atoms with Crippen LogP contribution in [0.3, 0.4) is 0 Å². The molecule has 0 radical (unpaired) electrons. The number of fused-ring (bicyclic) bond motifs is 7. The van der Waals surface area contributed by atoms with E-state index < -0.39 is 0 Å². The summed E-state index contributed by atoms with van der Waals surface area (Å²) in [6.07, 6.45) is 1.70. The third-order valence-electron chi connectivity index (χ3n) is 16.0. The number of phenols is 1. The zero-order valence-electron chi connectivity index (χ0n) is 44.9. The first kappa shape index (κ1) is 48.0. The van der Waals surface area contributed by atoms with Crippen molar-refractivity contribution < 1.29 is 9.52 Å². The molecule has 5 nitrogen and oxygen atoms in total. The summed E-state index contributed by atoms with van der Waals surface area (Å²) < 4.78 is 8.86. The van der Waals surface area contributed by atoms with Gasteiger partial charge >= 0.3 is 0 Å². The Hall–Kier alpha value is -8.02. The van der Waals surface area contributed by atoms with E-state index in [0.29, 0.717) is 23.7 Å². The van der Waals surface area contributed by atoms with Gasteiger partial charge in [-0.25, -0.2) is 9.97 Å². The van der Waals surface area contributed by atoms with Gasteiger partial charge in [-0.05, 0) is 170 Å². The minimum Gasteiger partial charge on any atom is -0.507 e. The predicted molar refractivity (Wildman–Crippen MR) is 314 cm³/mol. The lowest BCUT2D eigenvalue weighted by atomic mass is 9.81. The van der Waals surface area contributed by atoms with Gasteiger partial charge in [-0.2, -0.15) is 0 Å². The molecule has 3 aromatic heterocycles. The van der Waals surface area contributed by atoms with Crippen molar-refractivity contribution in [2.45, 2.75) is 106 Å². The van der Waals surface area contributed by atoms with Crippen LogP contribution in [0.1, 0.15) is 124 Å². The summed E-state index contributed by atoms with van der Waals surface area (Å²) in [5.74, 6) is 2.37. The monoisotopic (exact) mass is 980 g/mol. The molecule has 0 saturated heterocycles. The maximum absolute atomic E-state index is 11.4. The van der Waals surface area contributed by atoms with Crippen molar-refractivity contribution in [3.63, 3.8) is 0 Å². The molecule has 0 spiro atoms. The maximum Gasteiger partial charge on any atom is 0.164 e. The Labute approximate surface area is 441 Å². The number of pyridine rings is 1. The van der Waals surface area contributed by atoms with Crippen molar-refractivity contribution >= 4 is 33.0 Å². The average molecular weight is 980 g/mol. The van der Waals surface area contributed by atoms with E-state index in [4.69, 9.17) is 14.4 Å². The van der Waals surface area contributed by atoms with Crippen LogP contribution in [0.15, 0.2) is 162 Å². The Morgan fingerprint density at radius 1 is 0.467 bits per heavy atom. The van der Waals surface area contributed by atoms with E-state index in [1.165, 1.54) is 50.1 Å². The van der Waals surface area contributed by atoms with Crippen LogP contribution in [0.5, 0.6) is 5.75 Å². The van der Waals surface area contributed by atoms with Crippen LogP contribution in [0.4, 0.5) is 0 Å². The molecule has 0 saturated carbocycles. The van der Waals surface area contributed by atoms with Gasteiger partial charge in [0, 0.05) is 21.9 Å². The van der Waals surface area contributed by atoms with Gasteiger partial charge in [0.15, 0.2) is 5.82 Å². The Balaban J connectivity index is 1.25. The maximum atomic E-state index is 11.4. The van der Waals surface area contributed by atoms with Crippen molar-refractivity contribution in [1.82, 2.24) is 14.5 Å². The molecular weight excluding hydrogens is 915 g/mol. The summed E-state index contributed by atoms with van der Waals surface area (Å²) in [6.45, 7) is 22.8. The largest absolute Gasteiger partial charge is 0.507 e. The SMILES string of the molecule is Cc1cccc(C)c1-n1c(-c2ccc3c(n2)-c2c(O)cccc2CC3)nc2c(-c3ccc4oc5ccccc5c4c3)c(-c3c(-c4cc(C(C)C)cc(C(C)C)c4)cccc3-c3cc(C(C)C)cc(C(C)C)c3)ccc21. The van der Waals surface area contributed by atoms with E-state index in [9.17, 15) is 5.11 Å². The minimum absolute atomic E-state index is 0.254. The van der Waals surface area contributed by atoms with Crippen LogP contribution in [0.25, 0.3) is 106 Å². The van der Waals surface area contributed by atoms with Crippen LogP contribution < -0.4 is 0 Å². The highest BCUT2D eigenvalue weighted by Crippen LogP contribution is 2.50. The fraction of sp³-hybridized carbons (Fsp3) is 0.229. The lowest BCUT2D eigenvalue weighted by Crippen LogP contribution is -2.08. The van der Waals surface area contributed by atoms with Gasteiger partial charge in [-0.3, -0.25) is 4.57 Å². The van der Waals surface area contributed by atoms with Crippen LogP contribution in [0, 0.1) is 13.8 Å². The quantitative estimate of drug-likeness (QED) is 0.148. The molecule has 0 amide bonds. The summed E-state index contributed by atoms with van der Waals surface area (Å²) in [6, 6.07) is 57.8. The normalized spacial score (nSPS) is 12.6. The number of aromatic hydroxyl groups is 1. The molecule has 1 N–H and O–H groups in total. The lowest BCUT2D eigenvalue weighted by Gasteiger charge is -2.23. The standard InChI is InChI=1S/C70H65N3O2/c1-39(2)48-32-49(40(3)4)35-52(34-48)54-20-15-21-55(53-36-50(41(5)6)33-51(37-53)42(7)8)66(54)57-28-30-60-68(64(57)47-27-31-63-58(38-47)56-19-11-12-23-62(56)75-63)72-70(73(60)69-43(9)16-13-17-44(69)10)59-29-26-46-25-24-45-18-14-22-61(74)65(45)67(46)71-59/h11-23,26-42,74H,24-25H2,1-10H3. The fourth-order valence-electron chi connectivity index (χ4n) is 11.8. The first-order valence-corrected chi connectivity index (χ1v) is 27.0. The Bertz CT molecular complexity index is 3910. The Morgan fingerprint density at radius 3 is 1.69 bits per heavy atom. The van der Waals surface area contributed by atoms with E-state index >= 15 is 0 Å². The molecule has 0 unspecified atom stereocenters. The minimum atomic E-state index is 0.254. The van der Waals surface area contributed by atoms with Gasteiger partial charge < -0.3 is 9.52 Å². The smallest absolute Gasteiger partial charge is 0.164 e. The van der Waals surface area contributed by atoms with Gasteiger partial charge in [0.25, 0.3) is 0 Å². The molecule has 372 valence electrons. The molecule has 3 heterocycles. The van der Waals surface area contributed by atoms with E-state index in [2.05, 4.69) is 213 Å². The van der Waals surface area contributed by atoms with Gasteiger partial charge in [0.2, 0.25) is 0 Å². The zero-order valence-corrected chi connectivity index (χ0v) is 44.9. The van der Waals surface area contributed by atoms with Crippen molar-refractivity contribution in [2.75, 3.05) is 0 Å². The highest BCUT2D eigenvalue weighted by Gasteiger charge is 2.29. The highest BCUT2D eigenvalue weighted by molar-refractivity contribution is 6.12. The number of benzene rings is 8. The lowest BCUT2D eigenvalue weighted by molar-refractivity contribution is 0.476. The van der Waals surface area contributed by atoms with Crippen molar-refractivity contribution in [1.29, 1.82) is 0 Å². The summed E-state index contributed by atoms with van der Waals surface area (Å²) in [5.41, 5.74) is 25.9. The topological polar surface area (TPSA) is 64.1 Å². The number of nitrogens with zero attached hydrogens (tertiary/aromatic N) is 3. The molecule has 8 aromatic carbocycles. The number of phenolic OH excluding ortho intramolecular Hbond substituents is 1. The van der Waals surface area contributed by atoms with Crippen molar-refractivity contribution in [3.05, 3.63) is 202 Å². The molecule has 0 atom stereocenters. The van der Waals surface area contributed by atoms with Crippen LogP contribution in [-0.2, 0) is 12.8 Å². The predicted octanol–water partition coefficient (Wildman–Crippen LogP) is 19.2. The third kappa shape index (κ3) is 8.25. The van der Waals surface area contributed by atoms with Gasteiger partial charge in [-0.1, -0.05) is 177 Å². The summed E-state index contributed by atoms with van der Waals surface area (Å²) in [7, 11) is 0. The Kier molecular flexibility index (Phi) is 12.0. The number of aromatic nitrogens is 3.